The Kier molecular flexibility index (Phi) is 3.54. The Labute approximate surface area is 121 Å². The van der Waals surface area contributed by atoms with Gasteiger partial charge >= 0.3 is 0 Å². The van der Waals surface area contributed by atoms with Gasteiger partial charge < -0.3 is 10.0 Å². The summed E-state index contributed by atoms with van der Waals surface area (Å²) in [6.45, 7) is 2.96. The van der Waals surface area contributed by atoms with Crippen molar-refractivity contribution in [2.24, 2.45) is 0 Å². The second kappa shape index (κ2) is 5.34. The molecule has 0 spiro atoms. The lowest BCUT2D eigenvalue weighted by atomic mass is 10.1. The first-order valence-corrected chi connectivity index (χ1v) is 7.47. The zero-order valence-electron chi connectivity index (χ0n) is 11.2. The SMILES string of the molecule is Cc1ccc(-c2nc(CC(=O)N3CC(O)C3)cs2)cc1. The summed E-state index contributed by atoms with van der Waals surface area (Å²) < 4.78 is 0. The van der Waals surface area contributed by atoms with E-state index in [4.69, 9.17) is 0 Å². The highest BCUT2D eigenvalue weighted by Crippen LogP contribution is 2.24. The first-order chi connectivity index (χ1) is 9.61. The van der Waals surface area contributed by atoms with E-state index in [9.17, 15) is 9.90 Å². The molecule has 1 saturated heterocycles. The van der Waals surface area contributed by atoms with Crippen LogP contribution in [0.15, 0.2) is 29.6 Å². The molecule has 0 bridgehead atoms. The number of amides is 1. The van der Waals surface area contributed by atoms with E-state index in [2.05, 4.69) is 24.0 Å². The molecule has 3 rings (SSSR count). The summed E-state index contributed by atoms with van der Waals surface area (Å²) in [7, 11) is 0. The van der Waals surface area contributed by atoms with Gasteiger partial charge in [0.25, 0.3) is 0 Å². The maximum absolute atomic E-state index is 11.9. The summed E-state index contributed by atoms with van der Waals surface area (Å²) >= 11 is 1.56. The van der Waals surface area contributed by atoms with Gasteiger partial charge in [0, 0.05) is 24.0 Å². The van der Waals surface area contributed by atoms with E-state index >= 15 is 0 Å². The topological polar surface area (TPSA) is 53.4 Å². The average Bonchev–Trinajstić information content (AvgIpc) is 2.84. The highest BCUT2D eigenvalue weighted by Gasteiger charge is 2.28. The Bertz CT molecular complexity index is 615. The zero-order valence-corrected chi connectivity index (χ0v) is 12.1. The lowest BCUT2D eigenvalue weighted by Gasteiger charge is -2.35. The Morgan fingerprint density at radius 2 is 2.10 bits per heavy atom. The molecule has 104 valence electrons. The number of aliphatic hydroxyl groups excluding tert-OH is 1. The van der Waals surface area contributed by atoms with Crippen LogP contribution in [0.4, 0.5) is 0 Å². The fourth-order valence-corrected chi connectivity index (χ4v) is 2.97. The lowest BCUT2D eigenvalue weighted by molar-refractivity contribution is -0.140. The normalized spacial score (nSPS) is 15.2. The number of β-amino-alcohol motifs (C(OH)–C–C–N with tert-alkyl or cyclic N) is 1. The molecule has 1 fully saturated rings. The fourth-order valence-electron chi connectivity index (χ4n) is 2.14. The second-order valence-corrected chi connectivity index (χ2v) is 6.00. The molecule has 1 aliphatic rings. The molecule has 20 heavy (non-hydrogen) atoms. The summed E-state index contributed by atoms with van der Waals surface area (Å²) in [5.74, 6) is 0.0380. The third kappa shape index (κ3) is 2.73. The van der Waals surface area contributed by atoms with E-state index in [-0.39, 0.29) is 12.0 Å². The lowest BCUT2D eigenvalue weighted by Crippen LogP contribution is -2.53. The summed E-state index contributed by atoms with van der Waals surface area (Å²) in [6.07, 6.45) is -0.0350. The third-order valence-electron chi connectivity index (χ3n) is 3.40. The quantitative estimate of drug-likeness (QED) is 0.938. The van der Waals surface area contributed by atoms with Gasteiger partial charge in [0.2, 0.25) is 5.91 Å². The molecule has 0 atom stereocenters. The molecule has 1 amide bonds. The summed E-state index contributed by atoms with van der Waals surface area (Å²) in [5, 5.41) is 12.1. The zero-order chi connectivity index (χ0) is 14.1. The van der Waals surface area contributed by atoms with Crippen LogP contribution in [-0.4, -0.2) is 40.1 Å². The number of aromatic nitrogens is 1. The van der Waals surface area contributed by atoms with Crippen molar-refractivity contribution in [1.29, 1.82) is 0 Å². The van der Waals surface area contributed by atoms with Gasteiger partial charge in [-0.15, -0.1) is 11.3 Å². The maximum atomic E-state index is 11.9. The number of nitrogens with zero attached hydrogens (tertiary/aromatic N) is 2. The van der Waals surface area contributed by atoms with Crippen LogP contribution in [0.25, 0.3) is 10.6 Å². The number of carbonyl (C=O) groups is 1. The van der Waals surface area contributed by atoms with Gasteiger partial charge in [0.1, 0.15) is 5.01 Å². The molecule has 1 aromatic carbocycles. The van der Waals surface area contributed by atoms with Crippen molar-refractivity contribution in [3.8, 4) is 10.6 Å². The van der Waals surface area contributed by atoms with Crippen molar-refractivity contribution in [1.82, 2.24) is 9.88 Å². The molecule has 1 aromatic heterocycles. The molecular weight excluding hydrogens is 272 g/mol. The van der Waals surface area contributed by atoms with E-state index < -0.39 is 0 Å². The van der Waals surface area contributed by atoms with E-state index in [1.54, 1.807) is 16.2 Å². The van der Waals surface area contributed by atoms with Crippen LogP contribution in [-0.2, 0) is 11.2 Å². The number of benzene rings is 1. The number of hydrogen-bond acceptors (Lipinski definition) is 4. The summed E-state index contributed by atoms with van der Waals surface area (Å²) in [6, 6.07) is 8.21. The predicted molar refractivity (Wildman–Crippen MR) is 78.6 cm³/mol. The molecule has 5 heteroatoms. The standard InChI is InChI=1S/C15H16N2O2S/c1-10-2-4-11(5-3-10)15-16-12(9-20-15)6-14(19)17-7-13(18)8-17/h2-5,9,13,18H,6-8H2,1H3. The highest BCUT2D eigenvalue weighted by atomic mass is 32.1. The molecule has 0 aliphatic carbocycles. The van der Waals surface area contributed by atoms with E-state index in [1.807, 2.05) is 17.5 Å². The van der Waals surface area contributed by atoms with E-state index in [0.717, 1.165) is 16.3 Å². The monoisotopic (exact) mass is 288 g/mol. The second-order valence-electron chi connectivity index (χ2n) is 5.14. The van der Waals surface area contributed by atoms with Crippen LogP contribution in [0, 0.1) is 6.92 Å². The van der Waals surface area contributed by atoms with Crippen molar-refractivity contribution in [3.63, 3.8) is 0 Å². The van der Waals surface area contributed by atoms with Crippen molar-refractivity contribution in [3.05, 3.63) is 40.9 Å². The number of aliphatic hydroxyl groups is 1. The van der Waals surface area contributed by atoms with Gasteiger partial charge in [-0.1, -0.05) is 29.8 Å². The first-order valence-electron chi connectivity index (χ1n) is 6.59. The molecule has 2 heterocycles. The average molecular weight is 288 g/mol. The number of hydrogen-bond donors (Lipinski definition) is 1. The van der Waals surface area contributed by atoms with Crippen molar-refractivity contribution < 1.29 is 9.90 Å². The van der Waals surface area contributed by atoms with Crippen LogP contribution in [0.2, 0.25) is 0 Å². The number of rotatable bonds is 3. The smallest absolute Gasteiger partial charge is 0.228 e. The fraction of sp³-hybridized carbons (Fsp3) is 0.333. The minimum atomic E-state index is -0.350. The van der Waals surface area contributed by atoms with Gasteiger partial charge in [-0.2, -0.15) is 0 Å². The molecule has 0 saturated carbocycles. The van der Waals surface area contributed by atoms with Crippen LogP contribution in [0.3, 0.4) is 0 Å². The van der Waals surface area contributed by atoms with Crippen molar-refractivity contribution in [2.75, 3.05) is 13.1 Å². The van der Waals surface area contributed by atoms with Crippen molar-refractivity contribution >= 4 is 17.2 Å². The Hall–Kier alpha value is -1.72. The number of aryl methyl sites for hydroxylation is 1. The Balaban J connectivity index is 1.67. The van der Waals surface area contributed by atoms with Gasteiger partial charge in [-0.3, -0.25) is 4.79 Å². The van der Waals surface area contributed by atoms with Crippen molar-refractivity contribution in [2.45, 2.75) is 19.4 Å². The van der Waals surface area contributed by atoms with Crippen LogP contribution in [0.1, 0.15) is 11.3 Å². The molecule has 1 aliphatic heterocycles. The van der Waals surface area contributed by atoms with E-state index in [1.165, 1.54) is 5.56 Å². The number of thiazole rings is 1. The number of likely N-dealkylation sites (tertiary alicyclic amines) is 1. The third-order valence-corrected chi connectivity index (χ3v) is 4.34. The molecule has 1 N–H and O–H groups in total. The minimum absolute atomic E-state index is 0.0380. The molecule has 0 radical (unpaired) electrons. The highest BCUT2D eigenvalue weighted by molar-refractivity contribution is 7.13. The van der Waals surface area contributed by atoms with E-state index in [0.29, 0.717) is 19.5 Å². The minimum Gasteiger partial charge on any atom is -0.389 e. The molecular formula is C15H16N2O2S. The molecule has 0 unspecified atom stereocenters. The van der Waals surface area contributed by atoms with Gasteiger partial charge in [0.15, 0.2) is 0 Å². The first kappa shape index (κ1) is 13.3. The summed E-state index contributed by atoms with van der Waals surface area (Å²) in [5.41, 5.74) is 3.10. The Morgan fingerprint density at radius 1 is 1.40 bits per heavy atom. The van der Waals surface area contributed by atoms with Crippen LogP contribution in [0.5, 0.6) is 0 Å². The van der Waals surface area contributed by atoms with Gasteiger partial charge in [-0.05, 0) is 6.92 Å². The number of carbonyl (C=O) groups excluding carboxylic acids is 1. The Morgan fingerprint density at radius 3 is 2.75 bits per heavy atom. The van der Waals surface area contributed by atoms with Crippen LogP contribution >= 0.6 is 11.3 Å². The maximum Gasteiger partial charge on any atom is 0.228 e. The summed E-state index contributed by atoms with van der Waals surface area (Å²) in [4.78, 5) is 18.1. The van der Waals surface area contributed by atoms with Gasteiger partial charge in [-0.25, -0.2) is 4.98 Å². The molecule has 4 nitrogen and oxygen atoms in total. The molecule has 2 aromatic rings. The van der Waals surface area contributed by atoms with Crippen LogP contribution < -0.4 is 0 Å². The predicted octanol–water partition coefficient (Wildman–Crippen LogP) is 1.86. The van der Waals surface area contributed by atoms with Gasteiger partial charge in [0.05, 0.1) is 18.2 Å². The largest absolute Gasteiger partial charge is 0.389 e.